The molecule has 0 atom stereocenters. The second-order valence-corrected chi connectivity index (χ2v) is 7.75. The molecule has 0 aliphatic heterocycles. The van der Waals surface area contributed by atoms with Crippen LogP contribution in [-0.4, -0.2) is 27.3 Å². The maximum absolute atomic E-state index is 5.87. The summed E-state index contributed by atoms with van der Waals surface area (Å²) in [4.78, 5) is 7.35. The van der Waals surface area contributed by atoms with Crippen LogP contribution in [0.4, 0.5) is 0 Å². The van der Waals surface area contributed by atoms with Crippen molar-refractivity contribution in [3.8, 4) is 11.5 Å². The minimum atomic E-state index is 0.453. The van der Waals surface area contributed by atoms with Crippen LogP contribution in [0.1, 0.15) is 28.1 Å². The zero-order valence-electron chi connectivity index (χ0n) is 18.7. The number of ether oxygens (including phenoxy) is 2. The lowest BCUT2D eigenvalue weighted by atomic mass is 10.1. The minimum Gasteiger partial charge on any atom is -0.496 e. The van der Waals surface area contributed by atoms with Crippen molar-refractivity contribution in [1.82, 2.24) is 20.2 Å². The van der Waals surface area contributed by atoms with Crippen LogP contribution in [0, 0.1) is 0 Å². The van der Waals surface area contributed by atoms with E-state index in [2.05, 4.69) is 44.4 Å². The van der Waals surface area contributed by atoms with E-state index in [-0.39, 0.29) is 0 Å². The highest BCUT2D eigenvalue weighted by Crippen LogP contribution is 2.27. The van der Waals surface area contributed by atoms with E-state index in [1.54, 1.807) is 19.5 Å². The highest BCUT2D eigenvalue weighted by atomic mass is 16.5. The molecule has 2 N–H and O–H groups in total. The van der Waals surface area contributed by atoms with Gasteiger partial charge in [-0.3, -0.25) is 10.1 Å². The smallest absolute Gasteiger partial charge is 0.129 e. The maximum Gasteiger partial charge on any atom is 0.129 e. The summed E-state index contributed by atoms with van der Waals surface area (Å²) in [7, 11) is 1.65. The van der Waals surface area contributed by atoms with E-state index in [1.807, 2.05) is 66.9 Å². The molecular weight excluding hydrogens is 424 g/mol. The van der Waals surface area contributed by atoms with E-state index < -0.39 is 0 Å². The predicted octanol–water partition coefficient (Wildman–Crippen LogP) is 6.21. The van der Waals surface area contributed by atoms with Crippen LogP contribution in [0.15, 0.2) is 79.3 Å². The molecule has 0 bridgehead atoms. The van der Waals surface area contributed by atoms with Gasteiger partial charge in [0, 0.05) is 46.7 Å². The van der Waals surface area contributed by atoms with Crippen molar-refractivity contribution in [2.45, 2.75) is 6.61 Å². The van der Waals surface area contributed by atoms with E-state index in [0.717, 1.165) is 45.1 Å². The van der Waals surface area contributed by atoms with Crippen LogP contribution >= 0.6 is 0 Å². The molecule has 0 amide bonds. The Hall–Kier alpha value is -4.58. The topological polar surface area (TPSA) is 75.8 Å². The van der Waals surface area contributed by atoms with Gasteiger partial charge in [-0.25, -0.2) is 0 Å². The van der Waals surface area contributed by atoms with Crippen molar-refractivity contribution in [3.05, 3.63) is 107 Å². The number of pyridine rings is 1. The summed E-state index contributed by atoms with van der Waals surface area (Å²) in [5.74, 6) is 1.47. The van der Waals surface area contributed by atoms with Crippen molar-refractivity contribution in [2.24, 2.45) is 0 Å². The van der Waals surface area contributed by atoms with E-state index in [4.69, 9.17) is 9.47 Å². The van der Waals surface area contributed by atoms with Crippen LogP contribution < -0.4 is 9.47 Å². The molecule has 5 rings (SSSR count). The molecule has 34 heavy (non-hydrogen) atoms. The van der Waals surface area contributed by atoms with Crippen LogP contribution in [0.3, 0.4) is 0 Å². The fraction of sp³-hybridized carbons (Fsp3) is 0.0714. The van der Waals surface area contributed by atoms with Crippen molar-refractivity contribution in [1.29, 1.82) is 0 Å². The summed E-state index contributed by atoms with van der Waals surface area (Å²) in [6.45, 7) is 0.453. The van der Waals surface area contributed by atoms with Crippen molar-refractivity contribution in [3.63, 3.8) is 0 Å². The van der Waals surface area contributed by atoms with E-state index in [1.165, 1.54) is 5.39 Å². The van der Waals surface area contributed by atoms with Crippen LogP contribution in [0.25, 0.3) is 35.2 Å². The lowest BCUT2D eigenvalue weighted by molar-refractivity contribution is 0.303. The predicted molar refractivity (Wildman–Crippen MR) is 136 cm³/mol. The van der Waals surface area contributed by atoms with Gasteiger partial charge in [-0.2, -0.15) is 5.10 Å². The molecule has 0 fully saturated rings. The first kappa shape index (κ1) is 21.3. The number of H-pyrrole nitrogens is 2. The summed E-state index contributed by atoms with van der Waals surface area (Å²) in [5.41, 5.74) is 5.99. The van der Waals surface area contributed by atoms with E-state index in [9.17, 15) is 0 Å². The third-order valence-corrected chi connectivity index (χ3v) is 5.46. The minimum absolute atomic E-state index is 0.453. The Labute approximate surface area is 197 Å². The van der Waals surface area contributed by atoms with Gasteiger partial charge >= 0.3 is 0 Å². The highest BCUT2D eigenvalue weighted by Gasteiger charge is 2.05. The first-order valence-corrected chi connectivity index (χ1v) is 11.0. The fourth-order valence-electron chi connectivity index (χ4n) is 3.70. The molecule has 0 spiro atoms. The van der Waals surface area contributed by atoms with Crippen molar-refractivity contribution in [2.75, 3.05) is 7.11 Å². The van der Waals surface area contributed by atoms with E-state index >= 15 is 0 Å². The molecule has 2 aromatic carbocycles. The summed E-state index contributed by atoms with van der Waals surface area (Å²) in [6.07, 6.45) is 13.5. The number of nitrogens with zero attached hydrogens (tertiary/aromatic N) is 2. The molecule has 3 heterocycles. The van der Waals surface area contributed by atoms with Crippen LogP contribution in [0.5, 0.6) is 11.5 Å². The second kappa shape index (κ2) is 9.92. The lowest BCUT2D eigenvalue weighted by Gasteiger charge is -2.10. The normalized spacial score (nSPS) is 11.6. The monoisotopic (exact) mass is 448 g/mol. The van der Waals surface area contributed by atoms with E-state index in [0.29, 0.717) is 6.61 Å². The van der Waals surface area contributed by atoms with Crippen LogP contribution in [0.2, 0.25) is 0 Å². The van der Waals surface area contributed by atoms with Gasteiger partial charge in [-0.1, -0.05) is 24.3 Å². The molecular formula is C28H24N4O2. The maximum atomic E-state index is 5.87. The average Bonchev–Trinajstić information content (AvgIpc) is 3.55. The molecule has 3 aromatic heterocycles. The van der Waals surface area contributed by atoms with Crippen molar-refractivity contribution < 1.29 is 9.47 Å². The Morgan fingerprint density at radius 3 is 2.74 bits per heavy atom. The highest BCUT2D eigenvalue weighted by molar-refractivity contribution is 5.91. The zero-order chi connectivity index (χ0) is 23.2. The Kier molecular flexibility index (Phi) is 6.21. The molecule has 168 valence electrons. The largest absolute Gasteiger partial charge is 0.496 e. The fourth-order valence-corrected chi connectivity index (χ4v) is 3.70. The van der Waals surface area contributed by atoms with Gasteiger partial charge in [0.25, 0.3) is 0 Å². The molecule has 0 saturated heterocycles. The summed E-state index contributed by atoms with van der Waals surface area (Å²) < 4.78 is 11.4. The molecule has 0 unspecified atom stereocenters. The number of nitrogens with one attached hydrogen (secondary N) is 2. The number of aromatic amines is 2. The Bertz CT molecular complexity index is 1450. The number of fused-ring (bicyclic) bond motifs is 1. The van der Waals surface area contributed by atoms with Gasteiger partial charge in [-0.15, -0.1) is 0 Å². The first-order chi connectivity index (χ1) is 16.8. The van der Waals surface area contributed by atoms with Gasteiger partial charge < -0.3 is 14.5 Å². The molecule has 5 aromatic rings. The average molecular weight is 449 g/mol. The number of hydrogen-bond donors (Lipinski definition) is 2. The van der Waals surface area contributed by atoms with Crippen molar-refractivity contribution >= 4 is 35.2 Å². The molecule has 0 aliphatic rings. The standard InChI is InChI=1S/C28H24N4O2/c1-33-28-17-25(34-19-20-4-3-14-29-18-20)12-9-22(28)8-11-24-16-23(31-32-24)10-7-21-5-2-6-27-26(21)13-15-30-27/h2-18,30H,19H2,1H3,(H,31,32)/b10-7+,11-8+. The third kappa shape index (κ3) is 4.91. The number of rotatable bonds is 8. The lowest BCUT2D eigenvalue weighted by Crippen LogP contribution is -1.96. The molecule has 6 nitrogen and oxygen atoms in total. The SMILES string of the molecule is COc1cc(OCc2cccnc2)ccc1/C=C/c1cc(/C=C/c2cccc3[nH]ccc23)[nH]n1. The van der Waals surface area contributed by atoms with Gasteiger partial charge in [-0.05, 0) is 60.2 Å². The number of methoxy groups -OCH3 is 1. The summed E-state index contributed by atoms with van der Waals surface area (Å²) in [5, 5.41) is 8.66. The van der Waals surface area contributed by atoms with Gasteiger partial charge in [0.2, 0.25) is 0 Å². The van der Waals surface area contributed by atoms with Crippen LogP contribution in [-0.2, 0) is 6.61 Å². The second-order valence-electron chi connectivity index (χ2n) is 7.75. The molecule has 6 heteroatoms. The Balaban J connectivity index is 1.26. The molecule has 0 aliphatic carbocycles. The number of hydrogen-bond acceptors (Lipinski definition) is 4. The number of aromatic nitrogens is 4. The summed E-state index contributed by atoms with van der Waals surface area (Å²) in [6, 6.07) is 20.0. The zero-order valence-corrected chi connectivity index (χ0v) is 18.7. The number of benzene rings is 2. The molecule has 0 saturated carbocycles. The quantitative estimate of drug-likeness (QED) is 0.296. The third-order valence-electron chi connectivity index (χ3n) is 5.46. The Morgan fingerprint density at radius 1 is 0.912 bits per heavy atom. The van der Waals surface area contributed by atoms with Gasteiger partial charge in [0.1, 0.15) is 18.1 Å². The van der Waals surface area contributed by atoms with Gasteiger partial charge in [0.15, 0.2) is 0 Å². The summed E-state index contributed by atoms with van der Waals surface area (Å²) >= 11 is 0. The van der Waals surface area contributed by atoms with Gasteiger partial charge in [0.05, 0.1) is 18.5 Å². The Morgan fingerprint density at radius 2 is 1.85 bits per heavy atom. The first-order valence-electron chi connectivity index (χ1n) is 11.0. The molecule has 0 radical (unpaired) electrons.